The van der Waals surface area contributed by atoms with E-state index in [9.17, 15) is 9.59 Å². The van der Waals surface area contributed by atoms with Crippen molar-refractivity contribution in [1.29, 1.82) is 0 Å². The number of thioether (sulfide) groups is 1. The SMILES string of the molecule is CCC(=O)C(C)C1(NC(C)=O)N=C(SC)Nc2nonc21. The first kappa shape index (κ1) is 15.5. The summed E-state index contributed by atoms with van der Waals surface area (Å²) in [6, 6.07) is 0. The average molecular weight is 311 g/mol. The highest BCUT2D eigenvalue weighted by Crippen LogP contribution is 2.39. The molecule has 2 atom stereocenters. The first-order chi connectivity index (χ1) is 9.94. The smallest absolute Gasteiger partial charge is 0.219 e. The molecular weight excluding hydrogens is 294 g/mol. The summed E-state index contributed by atoms with van der Waals surface area (Å²) >= 11 is 1.35. The molecule has 1 aliphatic rings. The van der Waals surface area contributed by atoms with Crippen molar-refractivity contribution in [3.63, 3.8) is 0 Å². The predicted octanol–water partition coefficient (Wildman–Crippen LogP) is 1.12. The number of aliphatic imine (C=N–C) groups is 1. The van der Waals surface area contributed by atoms with Crippen LogP contribution in [-0.4, -0.2) is 33.4 Å². The molecule has 0 saturated carbocycles. The standard InChI is InChI=1S/C12H17N5O3S/c1-5-8(19)6(2)12(14-7(3)18)9-10(17-20-16-9)13-11(15-12)21-4/h6H,5H2,1-4H3,(H,14,18)(H,13,15,17). The van der Waals surface area contributed by atoms with Crippen molar-refractivity contribution in [3.8, 4) is 0 Å². The molecule has 2 unspecified atom stereocenters. The first-order valence-corrected chi connectivity index (χ1v) is 7.72. The predicted molar refractivity (Wildman–Crippen MR) is 78.8 cm³/mol. The number of ketones is 1. The minimum atomic E-state index is -1.29. The van der Waals surface area contributed by atoms with E-state index in [0.29, 0.717) is 23.1 Å². The van der Waals surface area contributed by atoms with Crippen LogP contribution in [0.1, 0.15) is 32.9 Å². The molecule has 0 bridgehead atoms. The first-order valence-electron chi connectivity index (χ1n) is 6.50. The second kappa shape index (κ2) is 5.84. The Morgan fingerprint density at radius 3 is 2.76 bits per heavy atom. The minimum Gasteiger partial charge on any atom is -0.326 e. The second-order valence-corrected chi connectivity index (χ2v) is 5.49. The van der Waals surface area contributed by atoms with E-state index in [2.05, 4.69) is 25.9 Å². The molecule has 0 aromatic carbocycles. The number of Topliss-reactive ketones (excluding diaryl/α,β-unsaturated/α-hetero) is 1. The van der Waals surface area contributed by atoms with E-state index in [-0.39, 0.29) is 11.7 Å². The van der Waals surface area contributed by atoms with Crippen molar-refractivity contribution in [2.24, 2.45) is 10.9 Å². The van der Waals surface area contributed by atoms with E-state index in [1.807, 2.05) is 6.26 Å². The summed E-state index contributed by atoms with van der Waals surface area (Å²) in [5.41, 5.74) is -0.984. The number of amides is 1. The Morgan fingerprint density at radius 1 is 1.48 bits per heavy atom. The highest BCUT2D eigenvalue weighted by molar-refractivity contribution is 8.13. The van der Waals surface area contributed by atoms with Crippen LogP contribution in [-0.2, 0) is 15.3 Å². The molecule has 21 heavy (non-hydrogen) atoms. The number of nitrogens with one attached hydrogen (secondary N) is 2. The molecule has 1 aromatic rings. The van der Waals surface area contributed by atoms with Gasteiger partial charge in [-0.2, -0.15) is 0 Å². The molecule has 2 N–H and O–H groups in total. The monoisotopic (exact) mass is 311 g/mol. The number of amidine groups is 1. The number of hydrogen-bond acceptors (Lipinski definition) is 8. The van der Waals surface area contributed by atoms with Gasteiger partial charge in [0, 0.05) is 13.3 Å². The van der Waals surface area contributed by atoms with Gasteiger partial charge in [-0.15, -0.1) is 0 Å². The molecule has 0 spiro atoms. The van der Waals surface area contributed by atoms with Crippen LogP contribution >= 0.6 is 11.8 Å². The average Bonchev–Trinajstić information content (AvgIpc) is 2.93. The van der Waals surface area contributed by atoms with Gasteiger partial charge in [-0.25, -0.2) is 9.62 Å². The molecule has 0 fully saturated rings. The fourth-order valence-corrected chi connectivity index (χ4v) is 2.70. The number of fused-ring (bicyclic) bond motifs is 1. The largest absolute Gasteiger partial charge is 0.326 e. The fourth-order valence-electron chi connectivity index (χ4n) is 2.26. The Bertz CT molecular complexity index is 599. The van der Waals surface area contributed by atoms with Gasteiger partial charge < -0.3 is 10.6 Å². The van der Waals surface area contributed by atoms with Gasteiger partial charge in [-0.05, 0) is 16.6 Å². The number of rotatable bonds is 4. The molecule has 0 saturated heterocycles. The summed E-state index contributed by atoms with van der Waals surface area (Å²) in [6.07, 6.45) is 2.16. The van der Waals surface area contributed by atoms with Crippen LogP contribution in [0.5, 0.6) is 0 Å². The zero-order valence-corrected chi connectivity index (χ0v) is 13.1. The van der Waals surface area contributed by atoms with Gasteiger partial charge in [0.15, 0.2) is 16.5 Å². The van der Waals surface area contributed by atoms with Gasteiger partial charge in [0.25, 0.3) is 0 Å². The maximum atomic E-state index is 12.2. The van der Waals surface area contributed by atoms with Crippen LogP contribution in [0.4, 0.5) is 5.82 Å². The van der Waals surface area contributed by atoms with E-state index < -0.39 is 11.6 Å². The van der Waals surface area contributed by atoms with E-state index in [1.165, 1.54) is 18.7 Å². The van der Waals surface area contributed by atoms with E-state index in [1.54, 1.807) is 13.8 Å². The molecule has 1 aliphatic heterocycles. The third-order valence-electron chi connectivity index (χ3n) is 3.37. The molecule has 1 aromatic heterocycles. The third kappa shape index (κ3) is 2.65. The molecule has 2 rings (SSSR count). The Labute approximate surface area is 126 Å². The van der Waals surface area contributed by atoms with Crippen LogP contribution in [0.15, 0.2) is 9.62 Å². The number of carbonyl (C=O) groups is 2. The molecule has 1 amide bonds. The molecular formula is C12H17N5O3S. The Kier molecular flexibility index (Phi) is 4.31. The minimum absolute atomic E-state index is 0.0381. The fraction of sp³-hybridized carbons (Fsp3) is 0.583. The van der Waals surface area contributed by atoms with Crippen molar-refractivity contribution in [2.45, 2.75) is 32.9 Å². The van der Waals surface area contributed by atoms with E-state index >= 15 is 0 Å². The highest BCUT2D eigenvalue weighted by Gasteiger charge is 2.49. The van der Waals surface area contributed by atoms with Gasteiger partial charge in [0.1, 0.15) is 5.78 Å². The third-order valence-corrected chi connectivity index (χ3v) is 3.95. The van der Waals surface area contributed by atoms with Crippen LogP contribution in [0.3, 0.4) is 0 Å². The van der Waals surface area contributed by atoms with Gasteiger partial charge in [0.05, 0.1) is 5.92 Å². The van der Waals surface area contributed by atoms with Gasteiger partial charge in [-0.1, -0.05) is 25.6 Å². The second-order valence-electron chi connectivity index (χ2n) is 4.70. The quantitative estimate of drug-likeness (QED) is 0.857. The summed E-state index contributed by atoms with van der Waals surface area (Å²) in [4.78, 5) is 28.4. The summed E-state index contributed by atoms with van der Waals surface area (Å²) < 4.78 is 4.75. The molecule has 9 heteroatoms. The summed E-state index contributed by atoms with van der Waals surface area (Å²) in [7, 11) is 0. The number of aromatic nitrogens is 2. The Morgan fingerprint density at radius 2 is 2.19 bits per heavy atom. The number of hydrogen-bond donors (Lipinski definition) is 2. The van der Waals surface area contributed by atoms with Crippen molar-refractivity contribution >= 4 is 34.4 Å². The number of nitrogens with zero attached hydrogens (tertiary/aromatic N) is 3. The lowest BCUT2D eigenvalue weighted by Gasteiger charge is -2.36. The Hall–Kier alpha value is -1.90. The van der Waals surface area contributed by atoms with Gasteiger partial charge in [-0.3, -0.25) is 9.59 Å². The van der Waals surface area contributed by atoms with Crippen LogP contribution in [0, 0.1) is 5.92 Å². The zero-order valence-electron chi connectivity index (χ0n) is 12.3. The van der Waals surface area contributed by atoms with Crippen molar-refractivity contribution in [3.05, 3.63) is 5.69 Å². The maximum Gasteiger partial charge on any atom is 0.219 e. The summed E-state index contributed by atoms with van der Waals surface area (Å²) in [5.74, 6) is -0.588. The topological polar surface area (TPSA) is 109 Å². The maximum absolute atomic E-state index is 12.2. The lowest BCUT2D eigenvalue weighted by atomic mass is 9.86. The van der Waals surface area contributed by atoms with E-state index in [0.717, 1.165) is 0 Å². The van der Waals surface area contributed by atoms with E-state index in [4.69, 9.17) is 4.63 Å². The van der Waals surface area contributed by atoms with Crippen LogP contribution in [0.25, 0.3) is 0 Å². The lowest BCUT2D eigenvalue weighted by Crippen LogP contribution is -2.53. The molecule has 0 radical (unpaired) electrons. The molecule has 2 heterocycles. The normalized spacial score (nSPS) is 21.8. The van der Waals surface area contributed by atoms with Gasteiger partial charge >= 0.3 is 0 Å². The van der Waals surface area contributed by atoms with Crippen LogP contribution in [0.2, 0.25) is 0 Å². The Balaban J connectivity index is 2.61. The lowest BCUT2D eigenvalue weighted by molar-refractivity contribution is -0.127. The molecule has 0 aliphatic carbocycles. The summed E-state index contributed by atoms with van der Waals surface area (Å²) in [6.45, 7) is 4.85. The molecule has 114 valence electrons. The number of carbonyl (C=O) groups excluding carboxylic acids is 2. The van der Waals surface area contributed by atoms with Crippen molar-refractivity contribution in [1.82, 2.24) is 15.6 Å². The van der Waals surface area contributed by atoms with Crippen molar-refractivity contribution in [2.75, 3.05) is 11.6 Å². The van der Waals surface area contributed by atoms with Crippen molar-refractivity contribution < 1.29 is 14.2 Å². The highest BCUT2D eigenvalue weighted by atomic mass is 32.2. The molecule has 8 nitrogen and oxygen atoms in total. The number of anilines is 1. The summed E-state index contributed by atoms with van der Waals surface area (Å²) in [5, 5.41) is 13.8. The zero-order chi connectivity index (χ0) is 15.6. The van der Waals surface area contributed by atoms with Crippen LogP contribution < -0.4 is 10.6 Å². The van der Waals surface area contributed by atoms with Gasteiger partial charge in [0.2, 0.25) is 11.7 Å².